The van der Waals surface area contributed by atoms with Gasteiger partial charge in [0, 0.05) is 19.1 Å². The minimum atomic E-state index is -3.65. The lowest BCUT2D eigenvalue weighted by atomic mass is 9.79. The highest BCUT2D eigenvalue weighted by molar-refractivity contribution is 7.89. The van der Waals surface area contributed by atoms with Crippen LogP contribution in [-0.4, -0.2) is 78.6 Å². The van der Waals surface area contributed by atoms with Crippen LogP contribution in [0.4, 0.5) is 0 Å². The third kappa shape index (κ3) is 5.46. The molecule has 2 aromatic carbocycles. The van der Waals surface area contributed by atoms with Crippen LogP contribution in [0.15, 0.2) is 53.4 Å². The van der Waals surface area contributed by atoms with Crippen molar-refractivity contribution in [3.05, 3.63) is 48.5 Å². The highest BCUT2D eigenvalue weighted by Crippen LogP contribution is 2.37. The highest BCUT2D eigenvalue weighted by atomic mass is 32.2. The third-order valence-electron chi connectivity index (χ3n) is 6.91. The molecule has 2 aromatic rings. The molecule has 2 aliphatic heterocycles. The largest absolute Gasteiger partial charge is 0.488 e. The monoisotopic (exact) mass is 500 g/mol. The van der Waals surface area contributed by atoms with Crippen molar-refractivity contribution < 1.29 is 28.0 Å². The molecule has 0 aromatic heterocycles. The van der Waals surface area contributed by atoms with Gasteiger partial charge in [-0.2, -0.15) is 4.31 Å². The average Bonchev–Trinajstić information content (AvgIpc) is 3.73. The standard InChI is InChI=1S/C23H27BN2O6S.C2H6/c27-22-15-32-23(16-26(22)20-6-7-20)10-12-25(13-11-23)33(30,31)21-8-4-17(5-9-21)18-2-1-3-19(14-18)24(28)29;1-2/h1-5,8-9,14,20,28-29H,6-7,10-13,15-16H2;1-2H3. The molecule has 35 heavy (non-hydrogen) atoms. The molecule has 10 heteroatoms. The molecule has 0 unspecified atom stereocenters. The number of benzene rings is 2. The molecule has 0 radical (unpaired) electrons. The fraction of sp³-hybridized carbons (Fsp3) is 0.480. The zero-order chi connectivity index (χ0) is 25.2. The van der Waals surface area contributed by atoms with Crippen LogP contribution in [0.2, 0.25) is 0 Å². The number of hydrogen-bond donors (Lipinski definition) is 2. The van der Waals surface area contributed by atoms with Gasteiger partial charge in [-0.1, -0.05) is 50.2 Å². The van der Waals surface area contributed by atoms with Gasteiger partial charge >= 0.3 is 7.12 Å². The summed E-state index contributed by atoms with van der Waals surface area (Å²) < 4.78 is 33.9. The number of piperidine rings is 1. The summed E-state index contributed by atoms with van der Waals surface area (Å²) in [5.74, 6) is 0.0392. The Balaban J connectivity index is 0.00000141. The highest BCUT2D eigenvalue weighted by Gasteiger charge is 2.47. The first kappa shape index (κ1) is 25.8. The zero-order valence-electron chi connectivity index (χ0n) is 20.3. The predicted octanol–water partition coefficient (Wildman–Crippen LogP) is 1.60. The van der Waals surface area contributed by atoms with E-state index in [0.29, 0.717) is 44.0 Å². The summed E-state index contributed by atoms with van der Waals surface area (Å²) in [4.78, 5) is 14.3. The van der Waals surface area contributed by atoms with Crippen LogP contribution in [-0.2, 0) is 19.6 Å². The van der Waals surface area contributed by atoms with Crippen LogP contribution < -0.4 is 5.46 Å². The number of amides is 1. The first-order valence-corrected chi connectivity index (χ1v) is 13.7. The molecule has 188 valence electrons. The maximum Gasteiger partial charge on any atom is 0.488 e. The second kappa shape index (κ2) is 10.4. The summed E-state index contributed by atoms with van der Waals surface area (Å²) in [5, 5.41) is 18.8. The van der Waals surface area contributed by atoms with Crippen molar-refractivity contribution in [2.75, 3.05) is 26.2 Å². The van der Waals surface area contributed by atoms with E-state index in [1.807, 2.05) is 24.8 Å². The van der Waals surface area contributed by atoms with Crippen molar-refractivity contribution in [3.63, 3.8) is 0 Å². The van der Waals surface area contributed by atoms with Gasteiger partial charge in [-0.15, -0.1) is 0 Å². The topological polar surface area (TPSA) is 107 Å². The minimum absolute atomic E-state index is 0.0392. The van der Waals surface area contributed by atoms with Gasteiger partial charge in [0.05, 0.1) is 17.0 Å². The summed E-state index contributed by atoms with van der Waals surface area (Å²) in [5.41, 5.74) is 1.48. The van der Waals surface area contributed by atoms with Crippen LogP contribution in [0.5, 0.6) is 0 Å². The van der Waals surface area contributed by atoms with E-state index in [2.05, 4.69) is 0 Å². The molecular weight excluding hydrogens is 467 g/mol. The summed E-state index contributed by atoms with van der Waals surface area (Å²) in [6, 6.07) is 13.8. The van der Waals surface area contributed by atoms with E-state index in [1.165, 1.54) is 4.31 Å². The number of hydrogen-bond acceptors (Lipinski definition) is 6. The maximum absolute atomic E-state index is 13.2. The van der Waals surface area contributed by atoms with Crippen LogP contribution in [0, 0.1) is 0 Å². The summed E-state index contributed by atoms with van der Waals surface area (Å²) in [6.45, 7) is 5.35. The van der Waals surface area contributed by atoms with Crippen molar-refractivity contribution in [2.45, 2.75) is 56.1 Å². The molecule has 0 atom stereocenters. The smallest absolute Gasteiger partial charge is 0.423 e. The SMILES string of the molecule is CC.O=C1COC2(CCN(S(=O)(=O)c3ccc(-c4cccc(B(O)O)c4)cc3)CC2)CN1C1CC1. The molecule has 3 aliphatic rings. The lowest BCUT2D eigenvalue weighted by molar-refractivity contribution is -0.170. The fourth-order valence-corrected chi connectivity index (χ4v) is 6.19. The number of carbonyl (C=O) groups is 1. The lowest BCUT2D eigenvalue weighted by Gasteiger charge is -2.46. The summed E-state index contributed by atoms with van der Waals surface area (Å²) in [7, 11) is -5.21. The molecule has 2 heterocycles. The molecule has 1 aliphatic carbocycles. The van der Waals surface area contributed by atoms with Crippen molar-refractivity contribution in [2.24, 2.45) is 0 Å². The van der Waals surface area contributed by atoms with Crippen molar-refractivity contribution in [3.8, 4) is 11.1 Å². The Morgan fingerprint density at radius 1 is 1.00 bits per heavy atom. The molecule has 2 saturated heterocycles. The van der Waals surface area contributed by atoms with E-state index >= 15 is 0 Å². The van der Waals surface area contributed by atoms with Crippen LogP contribution >= 0.6 is 0 Å². The van der Waals surface area contributed by atoms with Gasteiger partial charge in [0.25, 0.3) is 0 Å². The molecule has 1 saturated carbocycles. The number of nitrogens with zero attached hydrogens (tertiary/aromatic N) is 2. The number of morpholine rings is 1. The normalized spacial score (nSPS) is 20.3. The van der Waals surface area contributed by atoms with Crippen molar-refractivity contribution in [1.82, 2.24) is 9.21 Å². The van der Waals surface area contributed by atoms with Crippen LogP contribution in [0.3, 0.4) is 0 Å². The van der Waals surface area contributed by atoms with Gasteiger partial charge in [0.2, 0.25) is 15.9 Å². The number of rotatable bonds is 5. The quantitative estimate of drug-likeness (QED) is 0.605. The van der Waals surface area contributed by atoms with Gasteiger partial charge in [-0.3, -0.25) is 4.79 Å². The number of ether oxygens (including phenoxy) is 1. The Morgan fingerprint density at radius 3 is 2.26 bits per heavy atom. The van der Waals surface area contributed by atoms with Gasteiger partial charge in [-0.25, -0.2) is 8.42 Å². The first-order chi connectivity index (χ1) is 16.8. The Labute approximate surface area is 207 Å². The zero-order valence-corrected chi connectivity index (χ0v) is 21.1. The second-order valence-corrected chi connectivity index (χ2v) is 11.1. The molecule has 3 fully saturated rings. The fourth-order valence-electron chi connectivity index (χ4n) is 4.74. The minimum Gasteiger partial charge on any atom is -0.423 e. The van der Waals surface area contributed by atoms with Gasteiger partial charge in [0.1, 0.15) is 6.61 Å². The van der Waals surface area contributed by atoms with E-state index < -0.39 is 22.7 Å². The molecule has 5 rings (SSSR count). The van der Waals surface area contributed by atoms with E-state index in [4.69, 9.17) is 4.74 Å². The average molecular weight is 500 g/mol. The Bertz CT molecular complexity index is 1140. The summed E-state index contributed by atoms with van der Waals surface area (Å²) >= 11 is 0. The molecule has 1 amide bonds. The van der Waals surface area contributed by atoms with Crippen LogP contribution in [0.25, 0.3) is 11.1 Å². The maximum atomic E-state index is 13.2. The Hall–Kier alpha value is -2.24. The van der Waals surface area contributed by atoms with Crippen molar-refractivity contribution >= 4 is 28.5 Å². The van der Waals surface area contributed by atoms with Gasteiger partial charge in [0.15, 0.2) is 0 Å². The lowest BCUT2D eigenvalue weighted by Crippen LogP contribution is -2.59. The van der Waals surface area contributed by atoms with Gasteiger partial charge < -0.3 is 19.7 Å². The number of carbonyl (C=O) groups excluding carboxylic acids is 1. The van der Waals surface area contributed by atoms with E-state index in [1.54, 1.807) is 42.5 Å². The van der Waals surface area contributed by atoms with Gasteiger partial charge in [-0.05, 0) is 54.4 Å². The first-order valence-electron chi connectivity index (χ1n) is 12.3. The second-order valence-electron chi connectivity index (χ2n) is 9.15. The Morgan fingerprint density at radius 2 is 1.66 bits per heavy atom. The van der Waals surface area contributed by atoms with E-state index in [-0.39, 0.29) is 17.4 Å². The molecule has 0 bridgehead atoms. The number of sulfonamides is 1. The Kier molecular flexibility index (Phi) is 7.68. The van der Waals surface area contributed by atoms with E-state index in [0.717, 1.165) is 24.0 Å². The molecule has 8 nitrogen and oxygen atoms in total. The third-order valence-corrected chi connectivity index (χ3v) is 8.83. The molecular formula is C25H33BN2O6S. The van der Waals surface area contributed by atoms with Crippen molar-refractivity contribution in [1.29, 1.82) is 0 Å². The molecule has 1 spiro atoms. The summed E-state index contributed by atoms with van der Waals surface area (Å²) in [6.07, 6.45) is 3.22. The van der Waals surface area contributed by atoms with E-state index in [9.17, 15) is 23.3 Å². The van der Waals surface area contributed by atoms with Crippen LogP contribution in [0.1, 0.15) is 39.5 Å². The predicted molar refractivity (Wildman–Crippen MR) is 134 cm³/mol. The molecule has 2 N–H and O–H groups in total.